The highest BCUT2D eigenvalue weighted by Gasteiger charge is 2.29. The van der Waals surface area contributed by atoms with Gasteiger partial charge in [0.1, 0.15) is 0 Å². The average molecular weight is 155 g/mol. The van der Waals surface area contributed by atoms with Crippen LogP contribution in [0.5, 0.6) is 0 Å². The molecule has 0 amide bonds. The Morgan fingerprint density at radius 3 is 2.64 bits per heavy atom. The van der Waals surface area contributed by atoms with Crippen LogP contribution in [0.3, 0.4) is 0 Å². The van der Waals surface area contributed by atoms with Crippen LogP contribution in [0.25, 0.3) is 0 Å². The fourth-order valence-corrected chi connectivity index (χ4v) is 1.55. The number of nitrogens with zero attached hydrogens (tertiary/aromatic N) is 1. The second-order valence-corrected chi connectivity index (χ2v) is 2.96. The highest BCUT2D eigenvalue weighted by atomic mass is 16.6. The van der Waals surface area contributed by atoms with Crippen LogP contribution in [0.2, 0.25) is 0 Å². The van der Waals surface area contributed by atoms with E-state index in [-0.39, 0.29) is 16.9 Å². The van der Waals surface area contributed by atoms with Gasteiger partial charge in [0.25, 0.3) is 0 Å². The molecule has 11 heavy (non-hydrogen) atoms. The number of allylic oxidation sites excluding steroid dienone is 1. The minimum atomic E-state index is -0.329. The topological polar surface area (TPSA) is 43.1 Å². The molecule has 0 radical (unpaired) electrons. The van der Waals surface area contributed by atoms with Gasteiger partial charge in [0.2, 0.25) is 6.04 Å². The first-order chi connectivity index (χ1) is 5.25. The molecule has 2 atom stereocenters. The van der Waals surface area contributed by atoms with Crippen LogP contribution in [0, 0.1) is 16.0 Å². The zero-order valence-electron chi connectivity index (χ0n) is 6.69. The summed E-state index contributed by atoms with van der Waals surface area (Å²) >= 11 is 0. The van der Waals surface area contributed by atoms with Crippen molar-refractivity contribution in [3.05, 3.63) is 22.3 Å². The van der Waals surface area contributed by atoms with Crippen molar-refractivity contribution in [3.63, 3.8) is 0 Å². The Bertz CT molecular complexity index is 177. The molecule has 1 aliphatic carbocycles. The van der Waals surface area contributed by atoms with Gasteiger partial charge in [-0.1, -0.05) is 19.1 Å². The van der Waals surface area contributed by atoms with Gasteiger partial charge in [-0.2, -0.15) is 0 Å². The number of rotatable bonds is 2. The summed E-state index contributed by atoms with van der Waals surface area (Å²) in [7, 11) is 0. The SMILES string of the molecule is CC[C@H]1CC=CC[C@@H]1[N+](=O)[O-]. The van der Waals surface area contributed by atoms with Crippen LogP contribution in [0.15, 0.2) is 12.2 Å². The third-order valence-electron chi connectivity index (χ3n) is 2.32. The molecule has 3 heteroatoms. The Morgan fingerprint density at radius 1 is 1.55 bits per heavy atom. The summed E-state index contributed by atoms with van der Waals surface area (Å²) in [5.74, 6) is 0.259. The highest BCUT2D eigenvalue weighted by molar-refractivity contribution is 4.94. The minimum Gasteiger partial charge on any atom is -0.264 e. The van der Waals surface area contributed by atoms with E-state index in [1.54, 1.807) is 0 Å². The predicted octanol–water partition coefficient (Wildman–Crippen LogP) is 2.01. The minimum absolute atomic E-state index is 0.141. The third-order valence-corrected chi connectivity index (χ3v) is 2.32. The lowest BCUT2D eigenvalue weighted by Crippen LogP contribution is -2.29. The molecular formula is C8H13NO2. The van der Waals surface area contributed by atoms with E-state index in [9.17, 15) is 10.1 Å². The van der Waals surface area contributed by atoms with Gasteiger partial charge in [-0.3, -0.25) is 10.1 Å². The molecule has 0 aromatic carbocycles. The van der Waals surface area contributed by atoms with Crippen molar-refractivity contribution in [1.29, 1.82) is 0 Å². The van der Waals surface area contributed by atoms with Gasteiger partial charge >= 0.3 is 0 Å². The molecule has 0 saturated heterocycles. The molecule has 0 spiro atoms. The van der Waals surface area contributed by atoms with Crippen molar-refractivity contribution < 1.29 is 4.92 Å². The van der Waals surface area contributed by atoms with Crippen molar-refractivity contribution in [2.75, 3.05) is 0 Å². The zero-order valence-corrected chi connectivity index (χ0v) is 6.69. The largest absolute Gasteiger partial charge is 0.264 e. The summed E-state index contributed by atoms with van der Waals surface area (Å²) in [5, 5.41) is 10.5. The molecule has 1 aliphatic rings. The van der Waals surface area contributed by atoms with Crippen LogP contribution < -0.4 is 0 Å². The first kappa shape index (κ1) is 8.24. The first-order valence-electron chi connectivity index (χ1n) is 4.04. The molecule has 0 aliphatic heterocycles. The summed E-state index contributed by atoms with van der Waals surface area (Å²) in [4.78, 5) is 10.4. The molecule has 3 nitrogen and oxygen atoms in total. The lowest BCUT2D eigenvalue weighted by molar-refractivity contribution is -0.532. The maximum absolute atomic E-state index is 10.5. The lowest BCUT2D eigenvalue weighted by Gasteiger charge is -2.19. The zero-order chi connectivity index (χ0) is 8.27. The molecule has 0 heterocycles. The second-order valence-electron chi connectivity index (χ2n) is 2.96. The van der Waals surface area contributed by atoms with Crippen molar-refractivity contribution in [1.82, 2.24) is 0 Å². The molecule has 0 fully saturated rings. The summed E-state index contributed by atoms with van der Waals surface area (Å²) in [6, 6.07) is -0.329. The van der Waals surface area contributed by atoms with Gasteiger partial charge in [-0.15, -0.1) is 0 Å². The molecular weight excluding hydrogens is 142 g/mol. The molecule has 0 N–H and O–H groups in total. The molecule has 1 rings (SSSR count). The van der Waals surface area contributed by atoms with E-state index in [0.717, 1.165) is 12.8 Å². The number of nitro groups is 1. The molecule has 0 bridgehead atoms. The van der Waals surface area contributed by atoms with Crippen LogP contribution in [-0.2, 0) is 0 Å². The lowest BCUT2D eigenvalue weighted by atomic mass is 9.88. The van der Waals surface area contributed by atoms with E-state index < -0.39 is 0 Å². The quantitative estimate of drug-likeness (QED) is 0.348. The Morgan fingerprint density at radius 2 is 2.18 bits per heavy atom. The van der Waals surface area contributed by atoms with E-state index in [2.05, 4.69) is 0 Å². The highest BCUT2D eigenvalue weighted by Crippen LogP contribution is 2.23. The van der Waals surface area contributed by atoms with E-state index in [4.69, 9.17) is 0 Å². The number of hydrogen-bond donors (Lipinski definition) is 0. The van der Waals surface area contributed by atoms with Gasteiger partial charge in [0, 0.05) is 17.3 Å². The van der Waals surface area contributed by atoms with Gasteiger partial charge in [-0.25, -0.2) is 0 Å². The van der Waals surface area contributed by atoms with Crippen LogP contribution in [0.1, 0.15) is 26.2 Å². The standard InChI is InChI=1S/C8H13NO2/c1-2-7-5-3-4-6-8(7)9(10)11/h3-4,7-8H,2,5-6H2,1H3/t7-,8-/m0/s1. The summed E-state index contributed by atoms with van der Waals surface area (Å²) in [6.07, 6.45) is 6.37. The van der Waals surface area contributed by atoms with E-state index in [0.29, 0.717) is 6.42 Å². The maximum Gasteiger partial charge on any atom is 0.219 e. The second kappa shape index (κ2) is 3.51. The van der Waals surface area contributed by atoms with Crippen LogP contribution in [0.4, 0.5) is 0 Å². The predicted molar refractivity (Wildman–Crippen MR) is 42.9 cm³/mol. The van der Waals surface area contributed by atoms with E-state index in [1.165, 1.54) is 0 Å². The monoisotopic (exact) mass is 155 g/mol. The maximum atomic E-state index is 10.5. The Balaban J connectivity index is 2.61. The molecule has 62 valence electrons. The van der Waals surface area contributed by atoms with Gasteiger partial charge < -0.3 is 0 Å². The van der Waals surface area contributed by atoms with E-state index in [1.807, 2.05) is 19.1 Å². The van der Waals surface area contributed by atoms with Crippen molar-refractivity contribution in [2.24, 2.45) is 5.92 Å². The molecule has 0 aromatic rings. The van der Waals surface area contributed by atoms with Gasteiger partial charge in [0.05, 0.1) is 0 Å². The van der Waals surface area contributed by atoms with Gasteiger partial charge in [0.15, 0.2) is 0 Å². The Labute approximate surface area is 66.3 Å². The first-order valence-corrected chi connectivity index (χ1v) is 4.04. The van der Waals surface area contributed by atoms with Crippen molar-refractivity contribution >= 4 is 0 Å². The summed E-state index contributed by atoms with van der Waals surface area (Å²) < 4.78 is 0. The van der Waals surface area contributed by atoms with Crippen LogP contribution >= 0.6 is 0 Å². The Hall–Kier alpha value is -0.860. The average Bonchev–Trinajstić information content (AvgIpc) is 2.04. The summed E-state index contributed by atoms with van der Waals surface area (Å²) in [6.45, 7) is 2.01. The number of hydrogen-bond acceptors (Lipinski definition) is 2. The fraction of sp³-hybridized carbons (Fsp3) is 0.750. The summed E-state index contributed by atoms with van der Waals surface area (Å²) in [5.41, 5.74) is 0. The third kappa shape index (κ3) is 1.79. The molecule has 0 unspecified atom stereocenters. The molecule has 0 aromatic heterocycles. The molecule has 0 saturated carbocycles. The van der Waals surface area contributed by atoms with Crippen molar-refractivity contribution in [3.8, 4) is 0 Å². The van der Waals surface area contributed by atoms with E-state index >= 15 is 0 Å². The smallest absolute Gasteiger partial charge is 0.219 e. The van der Waals surface area contributed by atoms with Gasteiger partial charge in [-0.05, 0) is 12.8 Å². The van der Waals surface area contributed by atoms with Crippen molar-refractivity contribution in [2.45, 2.75) is 32.2 Å². The van der Waals surface area contributed by atoms with Crippen LogP contribution in [-0.4, -0.2) is 11.0 Å². The fourth-order valence-electron chi connectivity index (χ4n) is 1.55. The Kier molecular flexibility index (Phi) is 2.63. The normalized spacial score (nSPS) is 30.3.